The molecule has 2 rings (SSSR count). The highest BCUT2D eigenvalue weighted by Crippen LogP contribution is 2.36. The fraction of sp³-hybridized carbons (Fsp3) is 0.286. The van der Waals surface area contributed by atoms with Gasteiger partial charge in [0.2, 0.25) is 0 Å². The number of anilines is 1. The highest BCUT2D eigenvalue weighted by molar-refractivity contribution is 14.1. The number of allylic oxidation sites excluding steroid dienone is 3. The van der Waals surface area contributed by atoms with Gasteiger partial charge in [-0.05, 0) is 47.2 Å². The number of nitrogens with two attached hydrogens (primary N) is 1. The van der Waals surface area contributed by atoms with Crippen molar-refractivity contribution >= 4 is 28.3 Å². The van der Waals surface area contributed by atoms with E-state index in [0.717, 1.165) is 0 Å². The molecule has 20 heavy (non-hydrogen) atoms. The Kier molecular flexibility index (Phi) is 4.62. The summed E-state index contributed by atoms with van der Waals surface area (Å²) in [6.45, 7) is 1.84. The molecule has 0 aromatic heterocycles. The van der Waals surface area contributed by atoms with Crippen LogP contribution in [0.4, 0.5) is 18.9 Å². The van der Waals surface area contributed by atoms with E-state index in [0.29, 0.717) is 9.99 Å². The molecular weight excluding hydrogens is 380 g/mol. The molecule has 108 valence electrons. The van der Waals surface area contributed by atoms with Gasteiger partial charge in [0, 0.05) is 21.6 Å². The van der Waals surface area contributed by atoms with Crippen LogP contribution in [0.5, 0.6) is 0 Å². The minimum Gasteiger partial charge on any atom is -0.400 e. The van der Waals surface area contributed by atoms with Gasteiger partial charge in [-0.3, -0.25) is 0 Å². The van der Waals surface area contributed by atoms with Crippen LogP contribution < -0.4 is 11.1 Å². The van der Waals surface area contributed by atoms with Crippen molar-refractivity contribution in [3.05, 3.63) is 50.6 Å². The third-order valence-corrected chi connectivity index (χ3v) is 3.97. The summed E-state index contributed by atoms with van der Waals surface area (Å²) < 4.78 is 41.9. The molecule has 1 aliphatic carbocycles. The van der Waals surface area contributed by atoms with E-state index in [1.165, 1.54) is 12.1 Å². The second-order valence-electron chi connectivity index (χ2n) is 4.61. The number of benzene rings is 1. The summed E-state index contributed by atoms with van der Waals surface area (Å²) in [4.78, 5) is 0. The normalized spacial score (nSPS) is 19.6. The summed E-state index contributed by atoms with van der Waals surface area (Å²) in [6, 6.07) is 4.44. The van der Waals surface area contributed by atoms with Crippen LogP contribution in [0.2, 0.25) is 0 Å². The van der Waals surface area contributed by atoms with Crippen LogP contribution in [0.3, 0.4) is 0 Å². The molecule has 0 heterocycles. The van der Waals surface area contributed by atoms with Crippen molar-refractivity contribution in [1.82, 2.24) is 0 Å². The summed E-state index contributed by atoms with van der Waals surface area (Å²) in [5, 5.41) is 2.57. The Balaban J connectivity index is 2.39. The Morgan fingerprint density at radius 1 is 1.35 bits per heavy atom. The number of halogens is 4. The van der Waals surface area contributed by atoms with Crippen LogP contribution in [0.1, 0.15) is 19.8 Å². The Morgan fingerprint density at radius 3 is 2.65 bits per heavy atom. The van der Waals surface area contributed by atoms with Crippen LogP contribution in [-0.4, -0.2) is 0 Å². The van der Waals surface area contributed by atoms with Gasteiger partial charge in [0.15, 0.2) is 5.83 Å². The molecule has 6 heteroatoms. The molecule has 2 nitrogen and oxygen atoms in total. The van der Waals surface area contributed by atoms with Gasteiger partial charge >= 0.3 is 0 Å². The van der Waals surface area contributed by atoms with E-state index >= 15 is 0 Å². The van der Waals surface area contributed by atoms with Gasteiger partial charge in [-0.15, -0.1) is 0 Å². The molecule has 0 bridgehead atoms. The lowest BCUT2D eigenvalue weighted by Crippen LogP contribution is -2.23. The van der Waals surface area contributed by atoms with E-state index in [1.807, 2.05) is 29.5 Å². The van der Waals surface area contributed by atoms with Crippen molar-refractivity contribution in [2.75, 3.05) is 5.32 Å². The minimum absolute atomic E-state index is 0.0471. The van der Waals surface area contributed by atoms with Crippen LogP contribution in [-0.2, 0) is 0 Å². The standard InChI is InChI=1S/C14H14F3IN2/c1-2-7-5-10(16)12(17)14(13(7)19)20-11-4-3-8(18)6-9(11)15/h3-4,6-7,20H,2,5,19H2,1H3/t7-/m1/s1. The zero-order valence-corrected chi connectivity index (χ0v) is 13.0. The topological polar surface area (TPSA) is 38.0 Å². The average molecular weight is 394 g/mol. The van der Waals surface area contributed by atoms with Crippen LogP contribution in [0.15, 0.2) is 41.2 Å². The van der Waals surface area contributed by atoms with Crippen molar-refractivity contribution in [2.24, 2.45) is 11.7 Å². The molecule has 0 saturated heterocycles. The molecule has 1 atom stereocenters. The maximum Gasteiger partial charge on any atom is 0.179 e. The van der Waals surface area contributed by atoms with E-state index in [2.05, 4.69) is 5.32 Å². The average Bonchev–Trinajstić information content (AvgIpc) is 2.41. The summed E-state index contributed by atoms with van der Waals surface area (Å²) in [7, 11) is 0. The van der Waals surface area contributed by atoms with E-state index in [4.69, 9.17) is 5.73 Å². The van der Waals surface area contributed by atoms with Crippen molar-refractivity contribution in [1.29, 1.82) is 0 Å². The van der Waals surface area contributed by atoms with E-state index in [9.17, 15) is 13.2 Å². The largest absolute Gasteiger partial charge is 0.400 e. The van der Waals surface area contributed by atoms with Crippen molar-refractivity contribution < 1.29 is 13.2 Å². The van der Waals surface area contributed by atoms with E-state index in [-0.39, 0.29) is 29.4 Å². The summed E-state index contributed by atoms with van der Waals surface area (Å²) in [6.07, 6.45) is 0.543. The number of hydrogen-bond acceptors (Lipinski definition) is 2. The zero-order valence-electron chi connectivity index (χ0n) is 10.8. The fourth-order valence-electron chi connectivity index (χ4n) is 2.10. The lowest BCUT2D eigenvalue weighted by molar-refractivity contribution is 0.436. The van der Waals surface area contributed by atoms with Crippen molar-refractivity contribution in [3.63, 3.8) is 0 Å². The fourth-order valence-corrected chi connectivity index (χ4v) is 2.55. The predicted molar refractivity (Wildman–Crippen MR) is 81.6 cm³/mol. The summed E-state index contributed by atoms with van der Waals surface area (Å²) in [5.41, 5.74) is 6.00. The van der Waals surface area contributed by atoms with Gasteiger partial charge in [0.1, 0.15) is 11.6 Å². The first kappa shape index (κ1) is 15.2. The first-order valence-electron chi connectivity index (χ1n) is 6.20. The molecule has 0 saturated carbocycles. The second kappa shape index (κ2) is 6.07. The molecule has 1 aromatic carbocycles. The van der Waals surface area contributed by atoms with Crippen LogP contribution in [0.25, 0.3) is 0 Å². The van der Waals surface area contributed by atoms with Gasteiger partial charge < -0.3 is 11.1 Å². The third-order valence-electron chi connectivity index (χ3n) is 3.30. The van der Waals surface area contributed by atoms with Gasteiger partial charge in [-0.1, -0.05) is 6.92 Å². The predicted octanol–water partition coefficient (Wildman–Crippen LogP) is 4.59. The lowest BCUT2D eigenvalue weighted by Gasteiger charge is -2.24. The van der Waals surface area contributed by atoms with E-state index < -0.39 is 17.5 Å². The molecule has 0 fully saturated rings. The number of rotatable bonds is 3. The smallest absolute Gasteiger partial charge is 0.179 e. The van der Waals surface area contributed by atoms with Crippen molar-refractivity contribution in [3.8, 4) is 0 Å². The molecule has 0 amide bonds. The maximum atomic E-state index is 13.9. The van der Waals surface area contributed by atoms with Crippen LogP contribution >= 0.6 is 22.6 Å². The Bertz CT molecular complexity index is 596. The highest BCUT2D eigenvalue weighted by Gasteiger charge is 2.28. The molecule has 1 aliphatic rings. The summed E-state index contributed by atoms with van der Waals surface area (Å²) in [5.74, 6) is -2.70. The van der Waals surface area contributed by atoms with Gasteiger partial charge in [-0.25, -0.2) is 13.2 Å². The zero-order chi connectivity index (χ0) is 14.9. The third kappa shape index (κ3) is 2.94. The highest BCUT2D eigenvalue weighted by atomic mass is 127. The molecule has 0 radical (unpaired) electrons. The Morgan fingerprint density at radius 2 is 2.05 bits per heavy atom. The molecule has 0 aliphatic heterocycles. The maximum absolute atomic E-state index is 13.9. The second-order valence-corrected chi connectivity index (χ2v) is 5.85. The SMILES string of the molecule is CC[C@@H]1CC(F)=C(F)C(Nc2ccc(I)cc2F)=C1N. The summed E-state index contributed by atoms with van der Waals surface area (Å²) >= 11 is 1.97. The lowest BCUT2D eigenvalue weighted by atomic mass is 9.91. The monoisotopic (exact) mass is 394 g/mol. The number of nitrogens with one attached hydrogen (secondary N) is 1. The molecule has 3 N–H and O–H groups in total. The molecule has 0 unspecified atom stereocenters. The van der Waals surface area contributed by atoms with Gasteiger partial charge in [-0.2, -0.15) is 0 Å². The first-order valence-corrected chi connectivity index (χ1v) is 7.28. The molecule has 1 aromatic rings. The van der Waals surface area contributed by atoms with Gasteiger partial charge in [0.25, 0.3) is 0 Å². The van der Waals surface area contributed by atoms with Gasteiger partial charge in [0.05, 0.1) is 11.4 Å². The number of hydrogen-bond donors (Lipinski definition) is 2. The van der Waals surface area contributed by atoms with Crippen LogP contribution in [0, 0.1) is 15.3 Å². The first-order chi connectivity index (χ1) is 9.43. The quantitative estimate of drug-likeness (QED) is 0.736. The Hall–Kier alpha value is -1.18. The van der Waals surface area contributed by atoms with Crippen molar-refractivity contribution in [2.45, 2.75) is 19.8 Å². The minimum atomic E-state index is -1.04. The van der Waals surface area contributed by atoms with E-state index in [1.54, 1.807) is 6.07 Å². The molecular formula is C14H14F3IN2. The molecule has 0 spiro atoms. The Labute approximate surface area is 129 Å².